The summed E-state index contributed by atoms with van der Waals surface area (Å²) < 4.78 is 16.3. The molecule has 2 atom stereocenters. The Balaban J connectivity index is 1.47. The van der Waals surface area contributed by atoms with Crippen LogP contribution in [0.15, 0.2) is 48.5 Å². The summed E-state index contributed by atoms with van der Waals surface area (Å²) in [7, 11) is 4.02. The molecular weight excluding hydrogens is 693 g/mol. The lowest BCUT2D eigenvalue weighted by Gasteiger charge is -2.36. The smallest absolute Gasteiger partial charge is 0.362 e. The Labute approximate surface area is 276 Å². The Kier molecular flexibility index (Phi) is 10.3. The molecule has 0 unspecified atom stereocenters. The minimum absolute atomic E-state index is 0.0926. The van der Waals surface area contributed by atoms with Gasteiger partial charge in [0.25, 0.3) is 0 Å². The highest BCUT2D eigenvalue weighted by molar-refractivity contribution is 14.1. The molecule has 1 saturated heterocycles. The maximum atomic E-state index is 13.9. The first-order valence-corrected chi connectivity index (χ1v) is 15.6. The molecule has 2 aromatic carbocycles. The van der Waals surface area contributed by atoms with Crippen molar-refractivity contribution in [3.63, 3.8) is 0 Å². The Morgan fingerprint density at radius 1 is 1.07 bits per heavy atom. The largest absolute Gasteiger partial charge is 0.466 e. The van der Waals surface area contributed by atoms with E-state index in [0.29, 0.717) is 36.3 Å². The number of halogens is 1. The third-order valence-electron chi connectivity index (χ3n) is 8.03. The van der Waals surface area contributed by atoms with Gasteiger partial charge in [0, 0.05) is 40.9 Å². The highest BCUT2D eigenvalue weighted by Gasteiger charge is 2.55. The highest BCUT2D eigenvalue weighted by atomic mass is 127. The molecule has 4 rings (SSSR count). The van der Waals surface area contributed by atoms with Gasteiger partial charge in [-0.3, -0.25) is 14.4 Å². The Hall–Kier alpha value is -3.94. The molecule has 0 bridgehead atoms. The number of rotatable bonds is 8. The maximum absolute atomic E-state index is 13.9. The standard InChI is InChI=1S/C33H38IN3O8/c1-32(2,3)27(29(40)37-17-7-8-24(37)28(39)36(4)23-13-11-22(34)12-14-23)35-26(38)16-10-20-9-15-25-21(18-20)19-33(45-25,30(41)43-5)31(42)44-6/h9-16,18,24,27H,7-8,17,19H2,1-6H3,(H,35,38)/t24-,27+/m0/s1. The van der Waals surface area contributed by atoms with Crippen LogP contribution in [0.25, 0.3) is 6.08 Å². The van der Waals surface area contributed by atoms with Crippen molar-refractivity contribution in [2.24, 2.45) is 5.41 Å². The van der Waals surface area contributed by atoms with E-state index in [2.05, 4.69) is 27.9 Å². The summed E-state index contributed by atoms with van der Waals surface area (Å²) in [5.41, 5.74) is -0.661. The summed E-state index contributed by atoms with van der Waals surface area (Å²) in [5.74, 6) is -2.39. The molecule has 0 radical (unpaired) electrons. The molecular formula is C33H38IN3O8. The number of hydrogen-bond donors (Lipinski definition) is 1. The van der Waals surface area contributed by atoms with Crippen LogP contribution in [-0.2, 0) is 39.9 Å². The number of ether oxygens (including phenoxy) is 3. The first-order chi connectivity index (χ1) is 21.2. The van der Waals surface area contributed by atoms with Crippen LogP contribution in [0.1, 0.15) is 44.7 Å². The first-order valence-electron chi connectivity index (χ1n) is 14.5. The first kappa shape index (κ1) is 33.9. The molecule has 45 heavy (non-hydrogen) atoms. The van der Waals surface area contributed by atoms with Crippen molar-refractivity contribution in [3.05, 3.63) is 63.2 Å². The normalized spacial score (nSPS) is 17.7. The average Bonchev–Trinajstić information content (AvgIpc) is 3.66. The van der Waals surface area contributed by atoms with Gasteiger partial charge in [0.05, 0.1) is 14.2 Å². The molecule has 0 saturated carbocycles. The molecule has 0 aliphatic carbocycles. The van der Waals surface area contributed by atoms with Crippen LogP contribution in [0.5, 0.6) is 5.75 Å². The molecule has 2 aliphatic heterocycles. The minimum Gasteiger partial charge on any atom is -0.466 e. The van der Waals surface area contributed by atoms with Gasteiger partial charge in [0.1, 0.15) is 17.8 Å². The number of hydrogen-bond acceptors (Lipinski definition) is 8. The quantitative estimate of drug-likeness (QED) is 0.189. The molecule has 2 heterocycles. The Morgan fingerprint density at radius 2 is 1.71 bits per heavy atom. The van der Waals surface area contributed by atoms with Crippen molar-refractivity contribution >= 4 is 64.0 Å². The zero-order valence-electron chi connectivity index (χ0n) is 26.2. The number of carbonyl (C=O) groups excluding carboxylic acids is 5. The van der Waals surface area contributed by atoms with E-state index in [1.807, 2.05) is 45.0 Å². The second-order valence-electron chi connectivity index (χ2n) is 12.2. The summed E-state index contributed by atoms with van der Waals surface area (Å²) in [4.78, 5) is 68.6. The molecule has 1 fully saturated rings. The summed E-state index contributed by atoms with van der Waals surface area (Å²) in [6, 6.07) is 11.0. The van der Waals surface area contributed by atoms with Crippen molar-refractivity contribution in [1.29, 1.82) is 0 Å². The summed E-state index contributed by atoms with van der Waals surface area (Å²) in [6.45, 7) is 6.00. The number of carbonyl (C=O) groups is 5. The molecule has 12 heteroatoms. The van der Waals surface area contributed by atoms with E-state index in [4.69, 9.17) is 14.2 Å². The van der Waals surface area contributed by atoms with Crippen LogP contribution in [0, 0.1) is 8.99 Å². The number of esters is 2. The number of amides is 3. The fourth-order valence-corrected chi connectivity index (χ4v) is 5.91. The number of anilines is 1. The predicted octanol–water partition coefficient (Wildman–Crippen LogP) is 3.51. The van der Waals surface area contributed by atoms with Crippen LogP contribution >= 0.6 is 22.6 Å². The van der Waals surface area contributed by atoms with E-state index in [1.165, 1.54) is 6.08 Å². The van der Waals surface area contributed by atoms with Crippen LogP contribution in [0.4, 0.5) is 5.69 Å². The third kappa shape index (κ3) is 7.15. The second kappa shape index (κ2) is 13.6. The summed E-state index contributed by atoms with van der Waals surface area (Å²) in [5, 5.41) is 2.85. The number of nitrogens with zero attached hydrogens (tertiary/aromatic N) is 2. The number of fused-ring (bicyclic) bond motifs is 1. The van der Waals surface area contributed by atoms with Crippen LogP contribution in [0.3, 0.4) is 0 Å². The lowest BCUT2D eigenvalue weighted by atomic mass is 9.85. The van der Waals surface area contributed by atoms with Crippen molar-refractivity contribution in [1.82, 2.24) is 10.2 Å². The van der Waals surface area contributed by atoms with Gasteiger partial charge in [0.15, 0.2) is 0 Å². The molecule has 0 spiro atoms. The number of likely N-dealkylation sites (N-methyl/N-ethyl adjacent to an activating group) is 1. The van der Waals surface area contributed by atoms with Gasteiger partial charge >= 0.3 is 17.5 Å². The van der Waals surface area contributed by atoms with E-state index in [9.17, 15) is 24.0 Å². The number of benzene rings is 2. The second-order valence-corrected chi connectivity index (χ2v) is 13.4. The Bertz CT molecular complexity index is 1500. The highest BCUT2D eigenvalue weighted by Crippen LogP contribution is 2.37. The van der Waals surface area contributed by atoms with Gasteiger partial charge in [-0.2, -0.15) is 0 Å². The average molecular weight is 732 g/mol. The summed E-state index contributed by atoms with van der Waals surface area (Å²) in [6.07, 6.45) is 4.01. The molecule has 3 amide bonds. The van der Waals surface area contributed by atoms with Crippen LogP contribution < -0.4 is 15.0 Å². The van der Waals surface area contributed by atoms with Gasteiger partial charge in [-0.25, -0.2) is 9.59 Å². The van der Waals surface area contributed by atoms with Crippen molar-refractivity contribution in [2.45, 2.75) is 57.7 Å². The van der Waals surface area contributed by atoms with Gasteiger partial charge in [0.2, 0.25) is 17.7 Å². The third-order valence-corrected chi connectivity index (χ3v) is 8.75. The van der Waals surface area contributed by atoms with E-state index in [-0.39, 0.29) is 18.2 Å². The molecule has 11 nitrogen and oxygen atoms in total. The molecule has 0 aromatic heterocycles. The lowest BCUT2D eigenvalue weighted by molar-refractivity contribution is -0.174. The Morgan fingerprint density at radius 3 is 2.31 bits per heavy atom. The predicted molar refractivity (Wildman–Crippen MR) is 175 cm³/mol. The molecule has 2 aliphatic rings. The molecule has 1 N–H and O–H groups in total. The zero-order valence-corrected chi connectivity index (χ0v) is 28.4. The van der Waals surface area contributed by atoms with Crippen molar-refractivity contribution in [2.75, 3.05) is 32.7 Å². The SMILES string of the molecule is COC(=O)C1(C(=O)OC)Cc2cc(C=CC(=O)N[C@H](C(=O)N3CCC[C@H]3C(=O)N(C)c3ccc(I)cc3)C(C)(C)C)ccc2O1. The summed E-state index contributed by atoms with van der Waals surface area (Å²) >= 11 is 2.20. The van der Waals surface area contributed by atoms with Gasteiger partial charge in [-0.15, -0.1) is 0 Å². The minimum atomic E-state index is -1.94. The van der Waals surface area contributed by atoms with Crippen molar-refractivity contribution in [3.8, 4) is 5.75 Å². The number of methoxy groups -OCH3 is 2. The van der Waals surface area contributed by atoms with Crippen LogP contribution in [0.2, 0.25) is 0 Å². The lowest BCUT2D eigenvalue weighted by Crippen LogP contribution is -2.57. The monoisotopic (exact) mass is 731 g/mol. The van der Waals surface area contributed by atoms with Crippen molar-refractivity contribution < 1.29 is 38.2 Å². The number of likely N-dealkylation sites (tertiary alicyclic amines) is 1. The molecule has 240 valence electrons. The number of nitrogens with one attached hydrogen (secondary N) is 1. The van der Waals surface area contributed by atoms with Gasteiger partial charge in [-0.05, 0) is 88.9 Å². The van der Waals surface area contributed by atoms with Crippen LogP contribution in [-0.4, -0.2) is 80.1 Å². The van der Waals surface area contributed by atoms with Gasteiger partial charge in [-0.1, -0.05) is 26.8 Å². The van der Waals surface area contributed by atoms with E-state index in [0.717, 1.165) is 23.5 Å². The maximum Gasteiger partial charge on any atom is 0.362 e. The van der Waals surface area contributed by atoms with E-state index < -0.39 is 40.9 Å². The van der Waals surface area contributed by atoms with Gasteiger partial charge < -0.3 is 29.3 Å². The molecule has 2 aromatic rings. The fourth-order valence-electron chi connectivity index (χ4n) is 5.55. The van der Waals surface area contributed by atoms with E-state index >= 15 is 0 Å². The topological polar surface area (TPSA) is 132 Å². The van der Waals surface area contributed by atoms with E-state index in [1.54, 1.807) is 41.1 Å². The fraction of sp³-hybridized carbons (Fsp3) is 0.424. The zero-order chi connectivity index (χ0) is 33.1.